The van der Waals surface area contributed by atoms with Crippen molar-refractivity contribution in [3.63, 3.8) is 0 Å². The van der Waals surface area contributed by atoms with Crippen molar-refractivity contribution < 1.29 is 110 Å². The van der Waals surface area contributed by atoms with Gasteiger partial charge in [-0.1, -0.05) is 185 Å². The van der Waals surface area contributed by atoms with Crippen LogP contribution in [-0.2, 0) is 118 Å². The molecule has 23 heteroatoms. The van der Waals surface area contributed by atoms with E-state index in [1.165, 1.54) is 67.3 Å². The first-order valence-corrected chi connectivity index (χ1v) is 45.2. The minimum atomic E-state index is -0.429. The highest BCUT2D eigenvalue weighted by Crippen LogP contribution is 2.66. The molecule has 23 nitrogen and oxygen atoms in total. The molecule has 3 aromatic rings. The molecule has 8 aliphatic carbocycles. The Kier molecular flexibility index (Phi) is 61.0. The zero-order chi connectivity index (χ0) is 96.5. The van der Waals surface area contributed by atoms with Crippen LogP contribution in [0.25, 0.3) is 0 Å². The summed E-state index contributed by atoms with van der Waals surface area (Å²) in [7, 11) is 1.31. The largest absolute Gasteiger partial charge is 0.490 e. The molecule has 11 unspecified atom stereocenters. The fourth-order valence-electron chi connectivity index (χ4n) is 16.7. The number of unbranched alkanes of at least 4 members (excludes halogenated alkanes) is 6. The number of hydrogen-bond acceptors (Lipinski definition) is 23. The van der Waals surface area contributed by atoms with Crippen molar-refractivity contribution in [1.29, 1.82) is 0 Å². The number of carbonyl (C=O) groups is 11. The molecule has 11 atom stereocenters. The Labute approximate surface area is 769 Å². The van der Waals surface area contributed by atoms with Gasteiger partial charge in [-0.3, -0.25) is 0 Å². The summed E-state index contributed by atoms with van der Waals surface area (Å²) in [4.78, 5) is 117. The zero-order valence-corrected chi connectivity index (χ0v) is 79.0. The predicted molar refractivity (Wildman–Crippen MR) is 504 cm³/mol. The number of carbonyl (C=O) groups excluding carboxylic acids is 11. The van der Waals surface area contributed by atoms with Crippen molar-refractivity contribution in [2.24, 2.45) is 64.1 Å². The van der Waals surface area contributed by atoms with Gasteiger partial charge in [0.2, 0.25) is 0 Å². The fraction of sp³-hybridized carbons (Fsp3) is 0.519. The molecule has 11 rings (SSSR count). The number of rotatable bonds is 36. The van der Waals surface area contributed by atoms with Gasteiger partial charge in [0.15, 0.2) is 0 Å². The monoisotopic (exact) mass is 1790 g/mol. The van der Waals surface area contributed by atoms with Crippen LogP contribution >= 0.6 is 0 Å². The van der Waals surface area contributed by atoms with Crippen LogP contribution in [0.15, 0.2) is 228 Å². The van der Waals surface area contributed by atoms with Crippen LogP contribution in [0.4, 0.5) is 0 Å². The predicted octanol–water partition coefficient (Wildman–Crippen LogP) is 21.6. The summed E-state index contributed by atoms with van der Waals surface area (Å²) in [6.07, 6.45) is 37.6. The topological polar surface area (TPSA) is 299 Å². The second-order valence-corrected chi connectivity index (χ2v) is 33.2. The van der Waals surface area contributed by atoms with Crippen LogP contribution < -0.4 is 4.74 Å². The van der Waals surface area contributed by atoms with Crippen LogP contribution in [0, 0.1) is 64.1 Å². The van der Waals surface area contributed by atoms with Crippen LogP contribution in [-0.4, -0.2) is 132 Å². The molecule has 0 N–H and O–H groups in total. The SMILES string of the molecule is C1CC2C3CCC(C3)C2C1.C1CC2C3CCC(C3)C2C1.C=C(C)C(=O)OC1CC2CCC1(C)C2(C)C.C=C(C)C(=O)OCCCCCCOC(=O)C(=C)C.C=C(C)C(=O)OCc1ccccc1.C=CC(=O)OC.C=CC(=O)OCC.C=CC(=O)OCC.C=CC(=O)OCCCCCCOC(=O)C=C.C=CC(=O)OCCOc1ccccc1.C=CC(=O)OCc1ccccc1. The molecule has 3 aromatic carbocycles. The Morgan fingerprint density at radius 3 is 0.953 bits per heavy atom. The molecule has 0 aliphatic heterocycles. The number of methoxy groups -OCH3 is 1. The van der Waals surface area contributed by atoms with E-state index in [-0.39, 0.29) is 71.8 Å². The molecule has 6 bridgehead atoms. The molecule has 0 heterocycles. The standard InChI is InChI=1S/C14H22O4.C14H22O2.C12H18O4.C11H12O3.C11H12O2.C10H10O2.2C10H16.2C5H8O2.C4H6O2/c1-11(2)13(15)17-9-7-5-6-8-10-18-14(16)12(3)4;1-9(2)12(15)16-11-8-10-6-7-14(11,5)13(10,3)4;1-3-11(13)15-9-7-5-6-8-10-16-12(14)4-2;1-2-11(12)14-9-8-13-10-6-4-3-5-7-10;1-9(2)11(12)13-8-10-6-4-3-5-7-10;1-2-10(11)12-8-9-6-4-3-5-7-9;2*1-2-9-7-4-5-8(6-7)10(9)3-1;2*1-3-5(6)7-4-2;1-3-4(5)6-2/h1,3,5-10H2,2,4H3;10-11H,1,6-8H2,2-5H3;3-4H,1-2,5-10H2;2-7H,1,8-9H2;3-7H,1,8H2,2H3;2-7H,1,8H2;2*7-10H,1-6H2;2*3H,1,4H2,2H3;3H,1H2,2H3. The number of ether oxygens (including phenoxy) is 12. The molecule has 0 aromatic heterocycles. The van der Waals surface area contributed by atoms with Crippen molar-refractivity contribution in [2.75, 3.05) is 60.0 Å². The summed E-state index contributed by atoms with van der Waals surface area (Å²) in [5.41, 5.74) is 4.18. The van der Waals surface area contributed by atoms with Crippen molar-refractivity contribution in [1.82, 2.24) is 0 Å². The normalized spacial score (nSPS) is 20.3. The fourth-order valence-corrected chi connectivity index (χ4v) is 16.7. The third-order valence-corrected chi connectivity index (χ3v) is 23.8. The first-order valence-electron chi connectivity index (χ1n) is 45.2. The maximum Gasteiger partial charge on any atom is 0.333 e. The molecule has 0 amide bonds. The van der Waals surface area contributed by atoms with E-state index in [0.717, 1.165) is 117 Å². The lowest BCUT2D eigenvalue weighted by Gasteiger charge is -2.38. The number of para-hydroxylation sites is 1. The summed E-state index contributed by atoms with van der Waals surface area (Å²) in [6, 6.07) is 28.4. The Hall–Kier alpha value is -11.2. The highest BCUT2D eigenvalue weighted by molar-refractivity contribution is 5.89. The van der Waals surface area contributed by atoms with E-state index in [1.54, 1.807) is 119 Å². The quantitative estimate of drug-likeness (QED) is 0.0226. The highest BCUT2D eigenvalue weighted by atomic mass is 16.6. The van der Waals surface area contributed by atoms with Gasteiger partial charge >= 0.3 is 65.7 Å². The van der Waals surface area contributed by atoms with Gasteiger partial charge in [-0.05, 0) is 258 Å². The van der Waals surface area contributed by atoms with Gasteiger partial charge in [0, 0.05) is 70.2 Å². The minimum absolute atomic E-state index is 0.0884. The summed E-state index contributed by atoms with van der Waals surface area (Å²) < 4.78 is 57.9. The number of fused-ring (bicyclic) bond motifs is 12. The maximum atomic E-state index is 11.6. The third kappa shape index (κ3) is 48.1. The molecule has 0 spiro atoms. The summed E-state index contributed by atoms with van der Waals surface area (Å²) in [5, 5.41) is 0. The summed E-state index contributed by atoms with van der Waals surface area (Å²) >= 11 is 0. The lowest BCUT2D eigenvalue weighted by Crippen LogP contribution is -2.38. The Balaban J connectivity index is 0.000000718. The molecule has 129 heavy (non-hydrogen) atoms. The van der Waals surface area contributed by atoms with Crippen LogP contribution in [0.1, 0.15) is 221 Å². The van der Waals surface area contributed by atoms with Gasteiger partial charge in [0.25, 0.3) is 0 Å². The van der Waals surface area contributed by atoms with Gasteiger partial charge < -0.3 is 56.8 Å². The average Bonchev–Trinajstić information content (AvgIpc) is 1.56. The van der Waals surface area contributed by atoms with Crippen molar-refractivity contribution >= 4 is 65.7 Å². The van der Waals surface area contributed by atoms with Crippen molar-refractivity contribution in [3.05, 3.63) is 239 Å². The van der Waals surface area contributed by atoms with Crippen molar-refractivity contribution in [2.45, 2.75) is 229 Å². The van der Waals surface area contributed by atoms with E-state index in [1.807, 2.05) is 91.0 Å². The van der Waals surface area contributed by atoms with Crippen LogP contribution in [0.3, 0.4) is 0 Å². The van der Waals surface area contributed by atoms with E-state index in [0.29, 0.717) is 93.1 Å². The molecule has 0 radical (unpaired) electrons. The second kappa shape index (κ2) is 67.9. The Morgan fingerprint density at radius 2 is 0.659 bits per heavy atom. The molecule has 0 saturated heterocycles. The van der Waals surface area contributed by atoms with E-state index >= 15 is 0 Å². The maximum absolute atomic E-state index is 11.6. The molecule has 8 saturated carbocycles. The molecular weight excluding hydrogens is 1640 g/mol. The van der Waals surface area contributed by atoms with Crippen LogP contribution in [0.2, 0.25) is 0 Å². The summed E-state index contributed by atoms with van der Waals surface area (Å²) in [6.45, 7) is 57.6. The minimum Gasteiger partial charge on any atom is -0.490 e. The number of hydrogen-bond donors (Lipinski definition) is 0. The zero-order valence-electron chi connectivity index (χ0n) is 79.0. The lowest BCUT2D eigenvalue weighted by molar-refractivity contribution is -0.152. The Morgan fingerprint density at radius 1 is 0.349 bits per heavy atom. The van der Waals surface area contributed by atoms with Gasteiger partial charge in [-0.25, -0.2) is 52.7 Å². The van der Waals surface area contributed by atoms with E-state index in [4.69, 9.17) is 42.6 Å². The van der Waals surface area contributed by atoms with Gasteiger partial charge in [0.05, 0.1) is 46.8 Å². The summed E-state index contributed by atoms with van der Waals surface area (Å²) in [5.74, 6) is 7.11. The number of esters is 11. The first-order chi connectivity index (χ1) is 61.6. The van der Waals surface area contributed by atoms with E-state index < -0.39 is 11.9 Å². The van der Waals surface area contributed by atoms with Gasteiger partial charge in [-0.2, -0.15) is 0 Å². The lowest BCUT2D eigenvalue weighted by atomic mass is 9.70. The Bertz CT molecular complexity index is 3840. The molecular formula is C106H150O23. The van der Waals surface area contributed by atoms with Crippen molar-refractivity contribution in [3.8, 4) is 5.75 Å². The highest BCUT2D eigenvalue weighted by Gasteiger charge is 2.63. The second-order valence-electron chi connectivity index (χ2n) is 33.2. The molecule has 8 fully saturated rings. The molecule has 8 aliphatic rings. The first kappa shape index (κ1) is 116. The van der Waals surface area contributed by atoms with Crippen LogP contribution in [0.5, 0.6) is 5.75 Å². The number of benzene rings is 3. The average molecular weight is 1790 g/mol. The van der Waals surface area contributed by atoms with Gasteiger partial charge in [-0.15, -0.1) is 0 Å². The third-order valence-electron chi connectivity index (χ3n) is 23.8. The smallest absolute Gasteiger partial charge is 0.333 e. The van der Waals surface area contributed by atoms with Gasteiger partial charge in [0.1, 0.15) is 38.3 Å². The van der Waals surface area contributed by atoms with E-state index in [2.05, 4.69) is 107 Å². The molecule has 712 valence electrons. The van der Waals surface area contributed by atoms with E-state index in [9.17, 15) is 52.7 Å².